The smallest absolute Gasteiger partial charge is 0.309 e. The van der Waals surface area contributed by atoms with Crippen LogP contribution >= 0.6 is 0 Å². The molecule has 1 fully saturated rings. The minimum absolute atomic E-state index is 0.501. The molecule has 0 aliphatic heterocycles. The zero-order valence-electron chi connectivity index (χ0n) is 10.6. The highest BCUT2D eigenvalue weighted by molar-refractivity contribution is 5.75. The number of hydrogen-bond donors (Lipinski definition) is 1. The third-order valence-electron chi connectivity index (χ3n) is 4.05. The molecule has 0 heterocycles. The van der Waals surface area contributed by atoms with Gasteiger partial charge in [-0.3, -0.25) is 4.79 Å². The van der Waals surface area contributed by atoms with E-state index in [1.165, 1.54) is 16.7 Å². The Morgan fingerprint density at radius 1 is 1.29 bits per heavy atom. The third kappa shape index (κ3) is 2.36. The summed E-state index contributed by atoms with van der Waals surface area (Å²) in [5, 5.41) is 9.49. The Kier molecular flexibility index (Phi) is 3.23. The largest absolute Gasteiger partial charge is 0.481 e. The van der Waals surface area contributed by atoms with Crippen LogP contribution in [0.2, 0.25) is 0 Å². The topological polar surface area (TPSA) is 37.3 Å². The van der Waals surface area contributed by atoms with E-state index in [-0.39, 0.29) is 0 Å². The number of rotatable bonds is 3. The van der Waals surface area contributed by atoms with Crippen molar-refractivity contribution in [2.24, 2.45) is 5.41 Å². The molecule has 17 heavy (non-hydrogen) atoms. The second kappa shape index (κ2) is 4.52. The van der Waals surface area contributed by atoms with Crippen LogP contribution in [-0.2, 0) is 11.2 Å². The van der Waals surface area contributed by atoms with E-state index >= 15 is 0 Å². The molecule has 0 saturated heterocycles. The lowest BCUT2D eigenvalue weighted by Gasteiger charge is -2.24. The van der Waals surface area contributed by atoms with Gasteiger partial charge in [0.05, 0.1) is 5.41 Å². The normalized spacial score (nSPS) is 18.2. The van der Waals surface area contributed by atoms with Crippen molar-refractivity contribution < 1.29 is 9.90 Å². The van der Waals surface area contributed by atoms with Crippen LogP contribution < -0.4 is 0 Å². The monoisotopic (exact) mass is 232 g/mol. The molecule has 1 aromatic rings. The first kappa shape index (κ1) is 12.2. The number of carbonyl (C=O) groups is 1. The molecule has 0 unspecified atom stereocenters. The van der Waals surface area contributed by atoms with E-state index in [1.807, 2.05) is 0 Å². The van der Waals surface area contributed by atoms with Crippen LogP contribution in [0.5, 0.6) is 0 Å². The SMILES string of the molecule is Cc1ccc(C)c(CC2(C(=O)O)CCCC2)c1. The molecule has 0 bridgehead atoms. The van der Waals surface area contributed by atoms with Gasteiger partial charge in [-0.25, -0.2) is 0 Å². The van der Waals surface area contributed by atoms with E-state index in [9.17, 15) is 9.90 Å². The van der Waals surface area contributed by atoms with Crippen LogP contribution in [0, 0.1) is 19.3 Å². The number of aliphatic carboxylic acids is 1. The highest BCUT2D eigenvalue weighted by atomic mass is 16.4. The lowest BCUT2D eigenvalue weighted by atomic mass is 9.79. The first-order chi connectivity index (χ1) is 8.03. The Balaban J connectivity index is 2.29. The van der Waals surface area contributed by atoms with E-state index < -0.39 is 11.4 Å². The van der Waals surface area contributed by atoms with Crippen molar-refractivity contribution in [3.8, 4) is 0 Å². The van der Waals surface area contributed by atoms with Gasteiger partial charge in [0.15, 0.2) is 0 Å². The fourth-order valence-electron chi connectivity index (χ4n) is 2.87. The maximum Gasteiger partial charge on any atom is 0.309 e. The van der Waals surface area contributed by atoms with Crippen LogP contribution in [-0.4, -0.2) is 11.1 Å². The summed E-state index contributed by atoms with van der Waals surface area (Å²) in [6, 6.07) is 6.31. The van der Waals surface area contributed by atoms with Crippen molar-refractivity contribution >= 4 is 5.97 Å². The molecule has 1 aliphatic rings. The maximum atomic E-state index is 11.5. The Morgan fingerprint density at radius 2 is 1.94 bits per heavy atom. The highest BCUT2D eigenvalue weighted by Gasteiger charge is 2.41. The summed E-state index contributed by atoms with van der Waals surface area (Å²) in [6.07, 6.45) is 4.45. The van der Waals surface area contributed by atoms with Gasteiger partial charge in [0.1, 0.15) is 0 Å². The molecule has 2 nitrogen and oxygen atoms in total. The fourth-order valence-corrected chi connectivity index (χ4v) is 2.87. The van der Waals surface area contributed by atoms with Crippen LogP contribution in [0.25, 0.3) is 0 Å². The summed E-state index contributed by atoms with van der Waals surface area (Å²) < 4.78 is 0. The average Bonchev–Trinajstić information content (AvgIpc) is 2.73. The molecule has 0 spiro atoms. The molecule has 0 radical (unpaired) electrons. The number of carboxylic acid groups (broad SMARTS) is 1. The zero-order valence-corrected chi connectivity index (χ0v) is 10.6. The number of carboxylic acids is 1. The molecule has 1 N–H and O–H groups in total. The van der Waals surface area contributed by atoms with Gasteiger partial charge in [-0.15, -0.1) is 0 Å². The first-order valence-electron chi connectivity index (χ1n) is 6.33. The minimum atomic E-state index is -0.615. The summed E-state index contributed by atoms with van der Waals surface area (Å²) in [6.45, 7) is 4.13. The molecule has 0 aromatic heterocycles. The number of hydrogen-bond acceptors (Lipinski definition) is 1. The number of benzene rings is 1. The summed E-state index contributed by atoms with van der Waals surface area (Å²) in [7, 11) is 0. The van der Waals surface area contributed by atoms with E-state index in [4.69, 9.17) is 0 Å². The van der Waals surface area contributed by atoms with Gasteiger partial charge in [-0.1, -0.05) is 36.6 Å². The third-order valence-corrected chi connectivity index (χ3v) is 4.05. The van der Waals surface area contributed by atoms with Gasteiger partial charge in [-0.2, -0.15) is 0 Å². The molecular weight excluding hydrogens is 212 g/mol. The Morgan fingerprint density at radius 3 is 2.53 bits per heavy atom. The van der Waals surface area contributed by atoms with Gasteiger partial charge < -0.3 is 5.11 Å². The van der Waals surface area contributed by atoms with Crippen molar-refractivity contribution in [1.82, 2.24) is 0 Å². The zero-order chi connectivity index (χ0) is 12.5. The van der Waals surface area contributed by atoms with Crippen molar-refractivity contribution in [2.45, 2.75) is 46.0 Å². The van der Waals surface area contributed by atoms with Crippen LogP contribution in [0.3, 0.4) is 0 Å². The highest BCUT2D eigenvalue weighted by Crippen LogP contribution is 2.41. The molecular formula is C15H20O2. The van der Waals surface area contributed by atoms with Crippen LogP contribution in [0.1, 0.15) is 42.4 Å². The number of aryl methyl sites for hydroxylation is 2. The minimum Gasteiger partial charge on any atom is -0.481 e. The molecule has 1 saturated carbocycles. The fraction of sp³-hybridized carbons (Fsp3) is 0.533. The van der Waals surface area contributed by atoms with Crippen molar-refractivity contribution in [3.05, 3.63) is 34.9 Å². The lowest BCUT2D eigenvalue weighted by molar-refractivity contribution is -0.148. The molecule has 92 valence electrons. The van der Waals surface area contributed by atoms with Gasteiger partial charge in [0.2, 0.25) is 0 Å². The van der Waals surface area contributed by atoms with E-state index in [1.54, 1.807) is 0 Å². The summed E-state index contributed by atoms with van der Waals surface area (Å²) in [4.78, 5) is 11.5. The summed E-state index contributed by atoms with van der Waals surface area (Å²) in [5.74, 6) is -0.615. The predicted octanol–water partition coefficient (Wildman–Crippen LogP) is 3.49. The lowest BCUT2D eigenvalue weighted by Crippen LogP contribution is -2.30. The van der Waals surface area contributed by atoms with Crippen LogP contribution in [0.15, 0.2) is 18.2 Å². The summed E-state index contributed by atoms with van der Waals surface area (Å²) >= 11 is 0. The van der Waals surface area contributed by atoms with Gasteiger partial charge in [-0.05, 0) is 44.2 Å². The molecule has 2 heteroatoms. The van der Waals surface area contributed by atoms with E-state index in [0.29, 0.717) is 6.42 Å². The van der Waals surface area contributed by atoms with Crippen LogP contribution in [0.4, 0.5) is 0 Å². The molecule has 2 rings (SSSR count). The van der Waals surface area contributed by atoms with Gasteiger partial charge in [0.25, 0.3) is 0 Å². The standard InChI is InChI=1S/C15H20O2/c1-11-5-6-12(2)13(9-11)10-15(14(16)17)7-3-4-8-15/h5-6,9H,3-4,7-8,10H2,1-2H3,(H,16,17). The predicted molar refractivity (Wildman–Crippen MR) is 68.2 cm³/mol. The van der Waals surface area contributed by atoms with E-state index in [0.717, 1.165) is 25.7 Å². The average molecular weight is 232 g/mol. The molecule has 0 amide bonds. The van der Waals surface area contributed by atoms with Crippen molar-refractivity contribution in [2.75, 3.05) is 0 Å². The quantitative estimate of drug-likeness (QED) is 0.866. The van der Waals surface area contributed by atoms with Crippen molar-refractivity contribution in [1.29, 1.82) is 0 Å². The Bertz CT molecular complexity index is 429. The van der Waals surface area contributed by atoms with E-state index in [2.05, 4.69) is 32.0 Å². The Labute approximate surface area is 103 Å². The van der Waals surface area contributed by atoms with Gasteiger partial charge >= 0.3 is 5.97 Å². The molecule has 1 aliphatic carbocycles. The summed E-state index contributed by atoms with van der Waals surface area (Å²) in [5.41, 5.74) is 3.13. The van der Waals surface area contributed by atoms with Crippen molar-refractivity contribution in [3.63, 3.8) is 0 Å². The Hall–Kier alpha value is -1.31. The first-order valence-corrected chi connectivity index (χ1v) is 6.33. The maximum absolute atomic E-state index is 11.5. The molecule has 0 atom stereocenters. The second-order valence-electron chi connectivity index (χ2n) is 5.40. The second-order valence-corrected chi connectivity index (χ2v) is 5.40. The molecule has 1 aromatic carbocycles. The van der Waals surface area contributed by atoms with Gasteiger partial charge in [0, 0.05) is 0 Å².